The number of benzene rings is 2. The van der Waals surface area contributed by atoms with Crippen molar-refractivity contribution in [3.63, 3.8) is 0 Å². The highest BCUT2D eigenvalue weighted by molar-refractivity contribution is 5.94. The van der Waals surface area contributed by atoms with Gasteiger partial charge < -0.3 is 19.7 Å². The van der Waals surface area contributed by atoms with E-state index in [1.807, 2.05) is 54.3 Å². The van der Waals surface area contributed by atoms with Crippen molar-refractivity contribution in [1.82, 2.24) is 10.2 Å². The first-order chi connectivity index (χ1) is 14.0. The number of carbonyl (C=O) groups excluding carboxylic acids is 2. The van der Waals surface area contributed by atoms with Gasteiger partial charge in [-0.15, -0.1) is 0 Å². The van der Waals surface area contributed by atoms with Gasteiger partial charge in [-0.25, -0.2) is 0 Å². The third-order valence-corrected chi connectivity index (χ3v) is 5.16. The second-order valence-electron chi connectivity index (χ2n) is 7.19. The molecule has 1 aliphatic rings. The lowest BCUT2D eigenvalue weighted by Gasteiger charge is -2.39. The molecule has 2 aromatic rings. The Hall–Kier alpha value is -2.86. The molecule has 3 rings (SSSR count). The quantitative estimate of drug-likeness (QED) is 0.657. The molecule has 0 bridgehead atoms. The molecule has 0 radical (unpaired) electrons. The van der Waals surface area contributed by atoms with Crippen LogP contribution in [0.5, 0.6) is 11.5 Å². The average Bonchev–Trinajstić information content (AvgIpc) is 2.68. The Kier molecular flexibility index (Phi) is 6.88. The van der Waals surface area contributed by atoms with Crippen LogP contribution < -0.4 is 14.8 Å². The Morgan fingerprint density at radius 1 is 1.21 bits per heavy atom. The molecule has 1 fully saturated rings. The first-order valence-corrected chi connectivity index (χ1v) is 9.91. The van der Waals surface area contributed by atoms with Gasteiger partial charge in [0.2, 0.25) is 5.91 Å². The zero-order chi connectivity index (χ0) is 20.8. The molecule has 29 heavy (non-hydrogen) atoms. The number of Topliss-reactive ketones (excluding diaryl/α,β-unsaturated/α-hetero) is 1. The summed E-state index contributed by atoms with van der Waals surface area (Å²) >= 11 is 0. The molecule has 0 aromatic heterocycles. The van der Waals surface area contributed by atoms with Gasteiger partial charge in [-0.3, -0.25) is 9.59 Å². The van der Waals surface area contributed by atoms with E-state index in [1.54, 1.807) is 14.0 Å². The predicted molar refractivity (Wildman–Crippen MR) is 114 cm³/mol. The van der Waals surface area contributed by atoms with Crippen LogP contribution in [0, 0.1) is 0 Å². The Morgan fingerprint density at radius 3 is 2.69 bits per heavy atom. The SMILES string of the molecule is CCOc1cc(OC)ccc1CNCC(=O)N1CC(c2cccc(C(C)=O)c2)C1.[HH]. The molecule has 1 N–H and O–H groups in total. The molecular weight excluding hydrogens is 368 g/mol. The Morgan fingerprint density at radius 2 is 2.00 bits per heavy atom. The molecule has 6 heteroatoms. The van der Waals surface area contributed by atoms with Crippen molar-refractivity contribution in [1.29, 1.82) is 0 Å². The summed E-state index contributed by atoms with van der Waals surface area (Å²) < 4.78 is 10.9. The molecule has 0 unspecified atom stereocenters. The first-order valence-electron chi connectivity index (χ1n) is 9.91. The number of hydrogen-bond acceptors (Lipinski definition) is 5. The molecule has 1 saturated heterocycles. The molecule has 0 atom stereocenters. The monoisotopic (exact) mass is 398 g/mol. The van der Waals surface area contributed by atoms with Gasteiger partial charge >= 0.3 is 0 Å². The van der Waals surface area contributed by atoms with Crippen LogP contribution in [0.4, 0.5) is 0 Å². The minimum Gasteiger partial charge on any atom is -0.497 e. The van der Waals surface area contributed by atoms with Gasteiger partial charge in [0.1, 0.15) is 11.5 Å². The fourth-order valence-electron chi connectivity index (χ4n) is 3.42. The van der Waals surface area contributed by atoms with Crippen molar-refractivity contribution in [2.75, 3.05) is 33.4 Å². The number of rotatable bonds is 9. The normalized spacial score (nSPS) is 13.7. The number of hydrogen-bond donors (Lipinski definition) is 1. The van der Waals surface area contributed by atoms with E-state index < -0.39 is 0 Å². The highest BCUT2D eigenvalue weighted by Crippen LogP contribution is 2.28. The molecule has 1 aliphatic heterocycles. The molecule has 0 spiro atoms. The Balaban J connectivity index is 0.00000320. The Bertz CT molecular complexity index is 881. The van der Waals surface area contributed by atoms with Gasteiger partial charge in [-0.1, -0.05) is 24.3 Å². The van der Waals surface area contributed by atoms with E-state index in [0.717, 1.165) is 28.2 Å². The van der Waals surface area contributed by atoms with E-state index in [4.69, 9.17) is 9.47 Å². The lowest BCUT2D eigenvalue weighted by molar-refractivity contribution is -0.134. The molecule has 2 aromatic carbocycles. The second-order valence-corrected chi connectivity index (χ2v) is 7.19. The third-order valence-electron chi connectivity index (χ3n) is 5.16. The van der Waals surface area contributed by atoms with Gasteiger partial charge in [-0.2, -0.15) is 0 Å². The summed E-state index contributed by atoms with van der Waals surface area (Å²) in [5, 5.41) is 3.21. The van der Waals surface area contributed by atoms with Crippen LogP contribution in [0.1, 0.15) is 42.7 Å². The van der Waals surface area contributed by atoms with E-state index in [0.29, 0.717) is 32.2 Å². The Labute approximate surface area is 173 Å². The standard InChI is InChI=1S/C23H28N2O4.H2/c1-4-29-22-11-21(28-3)9-8-19(22)12-24-13-23(27)25-14-20(15-25)18-7-5-6-17(10-18)16(2)26;/h5-11,20,24H,4,12-15H2,1-3H3;1H. The molecule has 0 saturated carbocycles. The number of amides is 1. The van der Waals surface area contributed by atoms with Gasteiger partial charge in [0.05, 0.1) is 20.3 Å². The maximum atomic E-state index is 12.4. The van der Waals surface area contributed by atoms with E-state index in [9.17, 15) is 9.59 Å². The minimum atomic E-state index is 0. The molecule has 1 amide bonds. The van der Waals surface area contributed by atoms with Crippen molar-refractivity contribution in [3.8, 4) is 11.5 Å². The first kappa shape index (κ1) is 20.9. The summed E-state index contributed by atoms with van der Waals surface area (Å²) in [5.74, 6) is 1.95. The fraction of sp³-hybridized carbons (Fsp3) is 0.391. The minimum absolute atomic E-state index is 0. The summed E-state index contributed by atoms with van der Waals surface area (Å²) in [6.45, 7) is 6.27. The van der Waals surface area contributed by atoms with Crippen molar-refractivity contribution < 1.29 is 20.5 Å². The number of nitrogens with one attached hydrogen (secondary N) is 1. The number of likely N-dealkylation sites (tertiary alicyclic amines) is 1. The van der Waals surface area contributed by atoms with Crippen LogP contribution in [0.15, 0.2) is 42.5 Å². The van der Waals surface area contributed by atoms with Crippen molar-refractivity contribution in [2.45, 2.75) is 26.3 Å². The summed E-state index contributed by atoms with van der Waals surface area (Å²) in [6, 6.07) is 13.4. The van der Waals surface area contributed by atoms with E-state index >= 15 is 0 Å². The second kappa shape index (κ2) is 9.56. The average molecular weight is 399 g/mol. The fourth-order valence-corrected chi connectivity index (χ4v) is 3.42. The summed E-state index contributed by atoms with van der Waals surface area (Å²) in [4.78, 5) is 25.8. The molecule has 0 aliphatic carbocycles. The third kappa shape index (κ3) is 5.15. The summed E-state index contributed by atoms with van der Waals surface area (Å²) in [6.07, 6.45) is 0. The number of nitrogens with zero attached hydrogens (tertiary/aromatic N) is 1. The van der Waals surface area contributed by atoms with Crippen LogP contribution >= 0.6 is 0 Å². The van der Waals surface area contributed by atoms with Crippen LogP contribution in [0.2, 0.25) is 0 Å². The molecule has 6 nitrogen and oxygen atoms in total. The number of methoxy groups -OCH3 is 1. The lowest BCUT2D eigenvalue weighted by Crippen LogP contribution is -2.51. The van der Waals surface area contributed by atoms with Crippen LogP contribution in [-0.4, -0.2) is 49.9 Å². The van der Waals surface area contributed by atoms with E-state index in [1.165, 1.54) is 0 Å². The van der Waals surface area contributed by atoms with Gasteiger partial charge in [0.15, 0.2) is 5.78 Å². The van der Waals surface area contributed by atoms with Crippen molar-refractivity contribution in [2.24, 2.45) is 0 Å². The smallest absolute Gasteiger partial charge is 0.236 e. The van der Waals surface area contributed by atoms with Crippen molar-refractivity contribution in [3.05, 3.63) is 59.2 Å². The summed E-state index contributed by atoms with van der Waals surface area (Å²) in [7, 11) is 1.62. The summed E-state index contributed by atoms with van der Waals surface area (Å²) in [5.41, 5.74) is 2.83. The van der Waals surface area contributed by atoms with Crippen LogP contribution in [0.25, 0.3) is 0 Å². The van der Waals surface area contributed by atoms with Crippen LogP contribution in [0.3, 0.4) is 0 Å². The van der Waals surface area contributed by atoms with E-state index in [2.05, 4.69) is 5.32 Å². The van der Waals surface area contributed by atoms with Crippen LogP contribution in [-0.2, 0) is 11.3 Å². The number of carbonyl (C=O) groups is 2. The molecular formula is C23H30N2O4. The largest absolute Gasteiger partial charge is 0.497 e. The topological polar surface area (TPSA) is 67.9 Å². The highest BCUT2D eigenvalue weighted by atomic mass is 16.5. The zero-order valence-corrected chi connectivity index (χ0v) is 17.2. The highest BCUT2D eigenvalue weighted by Gasteiger charge is 2.31. The van der Waals surface area contributed by atoms with Crippen molar-refractivity contribution >= 4 is 11.7 Å². The van der Waals surface area contributed by atoms with Gasteiger partial charge in [0.25, 0.3) is 0 Å². The molecule has 1 heterocycles. The molecule has 156 valence electrons. The van der Waals surface area contributed by atoms with E-state index in [-0.39, 0.29) is 19.7 Å². The maximum absolute atomic E-state index is 12.4. The lowest BCUT2D eigenvalue weighted by atomic mass is 9.90. The zero-order valence-electron chi connectivity index (χ0n) is 17.2. The van der Waals surface area contributed by atoms with Gasteiger partial charge in [0, 0.05) is 44.2 Å². The van der Waals surface area contributed by atoms with Gasteiger partial charge in [-0.05, 0) is 31.5 Å². The predicted octanol–water partition coefficient (Wildman–Crippen LogP) is 3.26. The number of ketones is 1. The number of ether oxygens (including phenoxy) is 2. The maximum Gasteiger partial charge on any atom is 0.236 e.